The number of hydrogen-bond acceptors (Lipinski definition) is 5. The van der Waals surface area contributed by atoms with E-state index in [1.165, 1.54) is 4.90 Å². The first-order valence-electron chi connectivity index (χ1n) is 10.7. The fourth-order valence-electron chi connectivity index (χ4n) is 3.65. The Morgan fingerprint density at radius 1 is 0.938 bits per heavy atom. The molecule has 0 aliphatic carbocycles. The predicted octanol–water partition coefficient (Wildman–Crippen LogP) is 2.79. The maximum Gasteiger partial charge on any atom is 0.272 e. The van der Waals surface area contributed by atoms with Crippen LogP contribution in [0.5, 0.6) is 0 Å². The molecule has 0 bridgehead atoms. The van der Waals surface area contributed by atoms with Gasteiger partial charge in [-0.15, -0.1) is 0 Å². The van der Waals surface area contributed by atoms with Crippen molar-refractivity contribution in [3.63, 3.8) is 0 Å². The molecule has 0 aromatic heterocycles. The zero-order chi connectivity index (χ0) is 22.9. The van der Waals surface area contributed by atoms with Gasteiger partial charge in [0.15, 0.2) is 0 Å². The Balaban J connectivity index is 1.69. The largest absolute Gasteiger partial charge is 0.327 e. The van der Waals surface area contributed by atoms with Crippen molar-refractivity contribution in [3.05, 3.63) is 65.7 Å². The number of amides is 3. The molecule has 1 aliphatic heterocycles. The van der Waals surface area contributed by atoms with Crippen LogP contribution in [-0.2, 0) is 14.4 Å². The molecular formula is C24H28N4O4. The summed E-state index contributed by atoms with van der Waals surface area (Å²) in [5, 5.41) is 11.3. The van der Waals surface area contributed by atoms with Crippen LogP contribution < -0.4 is 15.7 Å². The zero-order valence-corrected chi connectivity index (χ0v) is 18.1. The van der Waals surface area contributed by atoms with Crippen LogP contribution in [0.25, 0.3) is 0 Å². The van der Waals surface area contributed by atoms with Gasteiger partial charge in [-0.3, -0.25) is 19.6 Å². The molecule has 3 rings (SSSR count). The molecule has 0 spiro atoms. The van der Waals surface area contributed by atoms with Gasteiger partial charge in [-0.1, -0.05) is 61.4 Å². The SMILES string of the molecule is CN1C(=O)[C@H](NC(=O)CCCCCCC(=O)NO)N=C(c2ccccc2)c2ccccc21. The van der Waals surface area contributed by atoms with Crippen LogP contribution in [0.3, 0.4) is 0 Å². The molecule has 1 heterocycles. The number of hydroxylamine groups is 1. The van der Waals surface area contributed by atoms with E-state index in [0.717, 1.165) is 29.7 Å². The standard InChI is InChI=1S/C24H28N4O4/c1-28-19-14-10-9-13-18(19)22(17-11-5-4-6-12-17)26-23(24(28)31)25-20(29)15-7-2-3-8-16-21(30)27-32/h4-6,9-14,23,32H,2-3,7-8,15-16H2,1H3,(H,25,29)(H,27,30)/t23-/m1/s1. The number of para-hydroxylation sites is 1. The third-order valence-electron chi connectivity index (χ3n) is 5.37. The number of likely N-dealkylation sites (N-methyl/N-ethyl adjacent to an activating group) is 1. The summed E-state index contributed by atoms with van der Waals surface area (Å²) < 4.78 is 0. The number of anilines is 1. The average molecular weight is 437 g/mol. The van der Waals surface area contributed by atoms with Crippen LogP contribution in [0.4, 0.5) is 5.69 Å². The van der Waals surface area contributed by atoms with E-state index in [4.69, 9.17) is 5.21 Å². The van der Waals surface area contributed by atoms with Crippen molar-refractivity contribution in [1.29, 1.82) is 0 Å². The molecule has 2 aromatic rings. The minimum absolute atomic E-state index is 0.244. The Kier molecular flexibility index (Phi) is 8.10. The van der Waals surface area contributed by atoms with Gasteiger partial charge in [0.05, 0.1) is 11.4 Å². The second kappa shape index (κ2) is 11.2. The number of hydrogen-bond donors (Lipinski definition) is 3. The van der Waals surface area contributed by atoms with Crippen LogP contribution in [0.2, 0.25) is 0 Å². The molecule has 3 amide bonds. The van der Waals surface area contributed by atoms with E-state index < -0.39 is 12.1 Å². The molecule has 8 nitrogen and oxygen atoms in total. The van der Waals surface area contributed by atoms with E-state index in [1.807, 2.05) is 54.6 Å². The second-order valence-electron chi connectivity index (χ2n) is 7.68. The van der Waals surface area contributed by atoms with Gasteiger partial charge in [-0.05, 0) is 18.9 Å². The van der Waals surface area contributed by atoms with Crippen molar-refractivity contribution in [1.82, 2.24) is 10.8 Å². The molecule has 0 saturated heterocycles. The number of fused-ring (bicyclic) bond motifs is 1. The molecule has 0 unspecified atom stereocenters. The molecule has 1 aliphatic rings. The van der Waals surface area contributed by atoms with Crippen LogP contribution in [-0.4, -0.2) is 41.9 Å². The van der Waals surface area contributed by atoms with E-state index in [9.17, 15) is 14.4 Å². The highest BCUT2D eigenvalue weighted by Crippen LogP contribution is 2.27. The lowest BCUT2D eigenvalue weighted by Gasteiger charge is -2.20. The normalized spacial score (nSPS) is 15.4. The third-order valence-corrected chi connectivity index (χ3v) is 5.37. The van der Waals surface area contributed by atoms with Gasteiger partial charge in [0, 0.05) is 31.0 Å². The summed E-state index contributed by atoms with van der Waals surface area (Å²) in [6, 6.07) is 17.2. The van der Waals surface area contributed by atoms with Gasteiger partial charge in [0.1, 0.15) is 0 Å². The predicted molar refractivity (Wildman–Crippen MR) is 121 cm³/mol. The van der Waals surface area contributed by atoms with Crippen molar-refractivity contribution in [2.24, 2.45) is 4.99 Å². The van der Waals surface area contributed by atoms with Gasteiger partial charge in [0.25, 0.3) is 5.91 Å². The Morgan fingerprint density at radius 3 is 2.25 bits per heavy atom. The summed E-state index contributed by atoms with van der Waals surface area (Å²) in [6.45, 7) is 0. The fraction of sp³-hybridized carbons (Fsp3) is 0.333. The Bertz CT molecular complexity index is 991. The number of nitrogens with zero attached hydrogens (tertiary/aromatic N) is 2. The number of nitrogens with one attached hydrogen (secondary N) is 2. The fourth-order valence-corrected chi connectivity index (χ4v) is 3.65. The number of benzene rings is 2. The first kappa shape index (κ1) is 23.1. The topological polar surface area (TPSA) is 111 Å². The maximum absolute atomic E-state index is 13.1. The number of carbonyl (C=O) groups excluding carboxylic acids is 3. The van der Waals surface area contributed by atoms with Crippen LogP contribution in [0, 0.1) is 0 Å². The highest BCUT2D eigenvalue weighted by atomic mass is 16.5. The molecule has 2 aromatic carbocycles. The number of aliphatic imine (C=N–C) groups is 1. The van der Waals surface area contributed by atoms with E-state index in [2.05, 4.69) is 10.3 Å². The summed E-state index contributed by atoms with van der Waals surface area (Å²) in [4.78, 5) is 42.8. The van der Waals surface area contributed by atoms with E-state index in [0.29, 0.717) is 18.6 Å². The number of unbranched alkanes of at least 4 members (excludes halogenated alkanes) is 3. The van der Waals surface area contributed by atoms with Crippen molar-refractivity contribution >= 4 is 29.1 Å². The van der Waals surface area contributed by atoms with Crippen molar-refractivity contribution in [3.8, 4) is 0 Å². The lowest BCUT2D eigenvalue weighted by Crippen LogP contribution is -2.46. The quantitative estimate of drug-likeness (QED) is 0.319. The van der Waals surface area contributed by atoms with Gasteiger partial charge in [0.2, 0.25) is 18.0 Å². The van der Waals surface area contributed by atoms with Gasteiger partial charge < -0.3 is 10.2 Å². The highest BCUT2D eigenvalue weighted by molar-refractivity contribution is 6.20. The monoisotopic (exact) mass is 436 g/mol. The molecule has 168 valence electrons. The first-order valence-corrected chi connectivity index (χ1v) is 10.7. The number of rotatable bonds is 9. The van der Waals surface area contributed by atoms with Gasteiger partial charge in [-0.2, -0.15) is 0 Å². The number of benzodiazepines with no additional fused rings is 1. The average Bonchev–Trinajstić information content (AvgIpc) is 2.92. The third kappa shape index (κ3) is 5.79. The summed E-state index contributed by atoms with van der Waals surface area (Å²) in [7, 11) is 1.69. The molecule has 0 fully saturated rings. The molecule has 1 atom stereocenters. The summed E-state index contributed by atoms with van der Waals surface area (Å²) >= 11 is 0. The maximum atomic E-state index is 13.1. The first-order chi connectivity index (χ1) is 15.5. The van der Waals surface area contributed by atoms with Crippen molar-refractivity contribution in [2.75, 3.05) is 11.9 Å². The summed E-state index contributed by atoms with van der Waals surface area (Å²) in [5.41, 5.74) is 4.70. The minimum Gasteiger partial charge on any atom is -0.327 e. The van der Waals surface area contributed by atoms with Gasteiger partial charge >= 0.3 is 0 Å². The lowest BCUT2D eigenvalue weighted by molar-refractivity contribution is -0.129. The molecule has 3 N–H and O–H groups in total. The van der Waals surface area contributed by atoms with Crippen LogP contribution >= 0.6 is 0 Å². The van der Waals surface area contributed by atoms with Gasteiger partial charge in [-0.25, -0.2) is 10.5 Å². The highest BCUT2D eigenvalue weighted by Gasteiger charge is 2.30. The Hall–Kier alpha value is -3.52. The van der Waals surface area contributed by atoms with Crippen LogP contribution in [0.15, 0.2) is 59.6 Å². The summed E-state index contributed by atoms with van der Waals surface area (Å²) in [6.07, 6.45) is 2.34. The molecular weight excluding hydrogens is 408 g/mol. The van der Waals surface area contributed by atoms with Crippen molar-refractivity contribution in [2.45, 2.75) is 44.7 Å². The molecule has 32 heavy (non-hydrogen) atoms. The van der Waals surface area contributed by atoms with E-state index >= 15 is 0 Å². The lowest BCUT2D eigenvalue weighted by atomic mass is 10.0. The number of carbonyl (C=O) groups is 3. The summed E-state index contributed by atoms with van der Waals surface area (Å²) in [5.74, 6) is -0.953. The molecule has 0 saturated carbocycles. The van der Waals surface area contributed by atoms with E-state index in [1.54, 1.807) is 12.5 Å². The van der Waals surface area contributed by atoms with Crippen molar-refractivity contribution < 1.29 is 19.6 Å². The minimum atomic E-state index is -1.01. The molecule has 0 radical (unpaired) electrons. The zero-order valence-electron chi connectivity index (χ0n) is 18.1. The second-order valence-corrected chi connectivity index (χ2v) is 7.68. The molecule has 8 heteroatoms. The Morgan fingerprint density at radius 2 is 1.56 bits per heavy atom. The van der Waals surface area contributed by atoms with Crippen LogP contribution in [0.1, 0.15) is 49.7 Å². The van der Waals surface area contributed by atoms with E-state index in [-0.39, 0.29) is 24.7 Å². The smallest absolute Gasteiger partial charge is 0.272 e. The Labute approximate surface area is 187 Å².